The van der Waals surface area contributed by atoms with Crippen LogP contribution in [0.3, 0.4) is 0 Å². The van der Waals surface area contributed by atoms with E-state index in [1.807, 2.05) is 26.0 Å². The Labute approximate surface area is 56.8 Å². The molecule has 0 bridgehead atoms. The van der Waals surface area contributed by atoms with Gasteiger partial charge in [-0.15, -0.1) is 0 Å². The van der Waals surface area contributed by atoms with Crippen molar-refractivity contribution in [2.24, 2.45) is 5.92 Å². The molecule has 0 heterocycles. The molecule has 0 aliphatic heterocycles. The maximum Gasteiger partial charge on any atom is 0.104 e. The van der Waals surface area contributed by atoms with Crippen LogP contribution in [0.1, 0.15) is 27.2 Å². The quantitative estimate of drug-likeness (QED) is 0.515. The smallest absolute Gasteiger partial charge is 0.104 e. The van der Waals surface area contributed by atoms with Crippen molar-refractivity contribution in [1.82, 2.24) is 0 Å². The number of rotatable bonds is 3. The molecule has 0 aromatic carbocycles. The standard InChI is InChI=1S/C8H15F/c1-4-6-8(5-2)7(3)9/h4,6-8H,5H2,1-3H3. The third-order valence-electron chi connectivity index (χ3n) is 1.50. The van der Waals surface area contributed by atoms with Crippen LogP contribution in [0.4, 0.5) is 4.39 Å². The first kappa shape index (κ1) is 8.67. The van der Waals surface area contributed by atoms with E-state index in [9.17, 15) is 4.39 Å². The molecule has 0 N–H and O–H groups in total. The first-order valence-corrected chi connectivity index (χ1v) is 3.49. The van der Waals surface area contributed by atoms with Crippen LogP contribution in [-0.2, 0) is 0 Å². The minimum atomic E-state index is -0.703. The Morgan fingerprint density at radius 1 is 1.56 bits per heavy atom. The van der Waals surface area contributed by atoms with Gasteiger partial charge >= 0.3 is 0 Å². The number of hydrogen-bond donors (Lipinski definition) is 0. The monoisotopic (exact) mass is 130 g/mol. The van der Waals surface area contributed by atoms with Gasteiger partial charge in [0.2, 0.25) is 0 Å². The molecule has 0 aliphatic rings. The summed E-state index contributed by atoms with van der Waals surface area (Å²) >= 11 is 0. The lowest BCUT2D eigenvalue weighted by Crippen LogP contribution is -2.07. The fraction of sp³-hybridized carbons (Fsp3) is 0.750. The molecule has 1 heteroatoms. The maximum atomic E-state index is 12.5. The van der Waals surface area contributed by atoms with Crippen LogP contribution in [0.15, 0.2) is 12.2 Å². The van der Waals surface area contributed by atoms with E-state index in [1.165, 1.54) is 0 Å². The minimum absolute atomic E-state index is 0.120. The molecule has 9 heavy (non-hydrogen) atoms. The average Bonchev–Trinajstić information content (AvgIpc) is 1.82. The van der Waals surface area contributed by atoms with Crippen LogP contribution in [0.2, 0.25) is 0 Å². The van der Waals surface area contributed by atoms with Crippen molar-refractivity contribution in [3.05, 3.63) is 12.2 Å². The summed E-state index contributed by atoms with van der Waals surface area (Å²) in [6.07, 6.45) is 4.02. The van der Waals surface area contributed by atoms with E-state index in [2.05, 4.69) is 0 Å². The van der Waals surface area contributed by atoms with Crippen LogP contribution in [0.25, 0.3) is 0 Å². The van der Waals surface area contributed by atoms with Gasteiger partial charge < -0.3 is 0 Å². The van der Waals surface area contributed by atoms with E-state index >= 15 is 0 Å². The van der Waals surface area contributed by atoms with Crippen LogP contribution < -0.4 is 0 Å². The third kappa shape index (κ3) is 3.28. The Kier molecular flexibility index (Phi) is 4.37. The first-order chi connectivity index (χ1) is 4.22. The van der Waals surface area contributed by atoms with Crippen molar-refractivity contribution in [2.45, 2.75) is 33.4 Å². The second kappa shape index (κ2) is 4.54. The summed E-state index contributed by atoms with van der Waals surface area (Å²) in [4.78, 5) is 0. The molecule has 2 atom stereocenters. The molecule has 54 valence electrons. The number of halogens is 1. The highest BCUT2D eigenvalue weighted by Gasteiger charge is 2.08. The molecule has 0 aromatic rings. The predicted molar refractivity (Wildman–Crippen MR) is 39.2 cm³/mol. The molecular formula is C8H15F. The highest BCUT2D eigenvalue weighted by molar-refractivity contribution is 4.87. The Bertz CT molecular complexity index is 84.6. The van der Waals surface area contributed by atoms with Gasteiger partial charge in [0.15, 0.2) is 0 Å². The summed E-state index contributed by atoms with van der Waals surface area (Å²) in [5, 5.41) is 0. The Morgan fingerprint density at radius 3 is 2.22 bits per heavy atom. The van der Waals surface area contributed by atoms with Crippen molar-refractivity contribution < 1.29 is 4.39 Å². The van der Waals surface area contributed by atoms with Gasteiger partial charge in [-0.1, -0.05) is 19.1 Å². The highest BCUT2D eigenvalue weighted by atomic mass is 19.1. The van der Waals surface area contributed by atoms with Crippen molar-refractivity contribution in [3.63, 3.8) is 0 Å². The fourth-order valence-electron chi connectivity index (χ4n) is 0.861. The molecule has 2 unspecified atom stereocenters. The molecule has 0 saturated heterocycles. The molecule has 0 nitrogen and oxygen atoms in total. The lowest BCUT2D eigenvalue weighted by Gasteiger charge is -2.09. The normalized spacial score (nSPS) is 18.2. The molecule has 0 spiro atoms. The molecule has 0 fully saturated rings. The number of hydrogen-bond acceptors (Lipinski definition) is 0. The van der Waals surface area contributed by atoms with Gasteiger partial charge in [0.25, 0.3) is 0 Å². The lowest BCUT2D eigenvalue weighted by molar-refractivity contribution is 0.281. The second-order valence-corrected chi connectivity index (χ2v) is 2.28. The van der Waals surface area contributed by atoms with Gasteiger partial charge in [-0.3, -0.25) is 0 Å². The van der Waals surface area contributed by atoms with Gasteiger partial charge in [0, 0.05) is 5.92 Å². The van der Waals surface area contributed by atoms with E-state index in [0.29, 0.717) is 0 Å². The van der Waals surface area contributed by atoms with Crippen molar-refractivity contribution in [3.8, 4) is 0 Å². The zero-order valence-electron chi connectivity index (χ0n) is 6.39. The van der Waals surface area contributed by atoms with E-state index in [1.54, 1.807) is 6.92 Å². The van der Waals surface area contributed by atoms with Gasteiger partial charge in [0.1, 0.15) is 6.17 Å². The topological polar surface area (TPSA) is 0 Å². The molecule has 0 radical (unpaired) electrons. The van der Waals surface area contributed by atoms with Crippen molar-refractivity contribution in [2.75, 3.05) is 0 Å². The molecule has 0 aromatic heterocycles. The summed E-state index contributed by atoms with van der Waals surface area (Å²) in [5.74, 6) is 0.120. The number of alkyl halides is 1. The highest BCUT2D eigenvalue weighted by Crippen LogP contribution is 2.12. The minimum Gasteiger partial charge on any atom is -0.247 e. The van der Waals surface area contributed by atoms with Gasteiger partial charge in [-0.25, -0.2) is 4.39 Å². The zero-order valence-corrected chi connectivity index (χ0v) is 6.39. The van der Waals surface area contributed by atoms with Gasteiger partial charge in [0.05, 0.1) is 0 Å². The lowest BCUT2D eigenvalue weighted by atomic mass is 10.0. The molecule has 0 saturated carbocycles. The zero-order chi connectivity index (χ0) is 7.28. The van der Waals surface area contributed by atoms with E-state index in [-0.39, 0.29) is 5.92 Å². The predicted octanol–water partition coefficient (Wildman–Crippen LogP) is 2.95. The average molecular weight is 130 g/mol. The SMILES string of the molecule is CC=CC(CC)C(C)F. The Morgan fingerprint density at radius 2 is 2.11 bits per heavy atom. The van der Waals surface area contributed by atoms with Gasteiger partial charge in [-0.2, -0.15) is 0 Å². The van der Waals surface area contributed by atoms with Gasteiger partial charge in [-0.05, 0) is 20.3 Å². The van der Waals surface area contributed by atoms with Crippen molar-refractivity contribution in [1.29, 1.82) is 0 Å². The molecule has 0 rings (SSSR count). The summed E-state index contributed by atoms with van der Waals surface area (Å²) in [6, 6.07) is 0. The van der Waals surface area contributed by atoms with Crippen LogP contribution >= 0.6 is 0 Å². The van der Waals surface area contributed by atoms with E-state index in [0.717, 1.165) is 6.42 Å². The Hall–Kier alpha value is -0.330. The largest absolute Gasteiger partial charge is 0.247 e. The molecule has 0 aliphatic carbocycles. The van der Waals surface area contributed by atoms with Crippen LogP contribution in [0, 0.1) is 5.92 Å². The first-order valence-electron chi connectivity index (χ1n) is 3.49. The fourth-order valence-corrected chi connectivity index (χ4v) is 0.861. The van der Waals surface area contributed by atoms with Crippen LogP contribution in [0.5, 0.6) is 0 Å². The van der Waals surface area contributed by atoms with Crippen molar-refractivity contribution >= 4 is 0 Å². The number of allylic oxidation sites excluding steroid dienone is 2. The third-order valence-corrected chi connectivity index (χ3v) is 1.50. The maximum absolute atomic E-state index is 12.5. The molecular weight excluding hydrogens is 115 g/mol. The van der Waals surface area contributed by atoms with Crippen LogP contribution in [-0.4, -0.2) is 6.17 Å². The summed E-state index contributed by atoms with van der Waals surface area (Å²) < 4.78 is 12.5. The Balaban J connectivity index is 3.68. The summed E-state index contributed by atoms with van der Waals surface area (Å²) in [6.45, 7) is 5.53. The second-order valence-electron chi connectivity index (χ2n) is 2.28. The molecule has 0 amide bonds. The summed E-state index contributed by atoms with van der Waals surface area (Å²) in [5.41, 5.74) is 0. The summed E-state index contributed by atoms with van der Waals surface area (Å²) in [7, 11) is 0. The van der Waals surface area contributed by atoms with E-state index < -0.39 is 6.17 Å². The van der Waals surface area contributed by atoms with E-state index in [4.69, 9.17) is 0 Å².